The van der Waals surface area contributed by atoms with Crippen molar-refractivity contribution < 1.29 is 45.5 Å². The maximum absolute atomic E-state index is 12.3. The Kier molecular flexibility index (Phi) is 6.00. The van der Waals surface area contributed by atoms with E-state index in [1.807, 2.05) is 0 Å². The summed E-state index contributed by atoms with van der Waals surface area (Å²) < 4.78 is 78.4. The fourth-order valence-electron chi connectivity index (χ4n) is 1.48. The van der Waals surface area contributed by atoms with Crippen LogP contribution >= 0.6 is 0 Å². The van der Waals surface area contributed by atoms with E-state index in [0.717, 1.165) is 12.1 Å². The molecule has 0 atom stereocenters. The van der Waals surface area contributed by atoms with Crippen LogP contribution in [0.1, 0.15) is 17.3 Å². The number of benzene rings is 1. The maximum atomic E-state index is 12.3. The minimum atomic E-state index is -5.34. The van der Waals surface area contributed by atoms with Crippen LogP contribution in [0.25, 0.3) is 0 Å². The lowest BCUT2D eigenvalue weighted by Gasteiger charge is -2.15. The number of rotatable bonds is 4. The van der Waals surface area contributed by atoms with Crippen LogP contribution in [0.3, 0.4) is 0 Å². The molecule has 0 saturated heterocycles. The molecule has 2 amide bonds. The summed E-state index contributed by atoms with van der Waals surface area (Å²) in [5.41, 5.74) is -1.98. The zero-order valence-corrected chi connectivity index (χ0v) is 12.3. The fraction of sp³-hybridized carbons (Fsp3) is 0.308. The molecule has 1 rings (SSSR count). The predicted molar refractivity (Wildman–Crippen MR) is 71.8 cm³/mol. The molecule has 1 aromatic carbocycles. The third kappa shape index (κ3) is 5.65. The van der Waals surface area contributed by atoms with Crippen LogP contribution in [0.4, 0.5) is 37.7 Å². The van der Waals surface area contributed by atoms with Crippen molar-refractivity contribution in [3.63, 3.8) is 0 Å². The Morgan fingerprint density at radius 2 is 1.40 bits per heavy atom. The summed E-state index contributed by atoms with van der Waals surface area (Å²) in [6, 6.07) is 2.28. The van der Waals surface area contributed by atoms with Crippen LogP contribution < -0.4 is 10.6 Å². The Labute approximate surface area is 136 Å². The van der Waals surface area contributed by atoms with E-state index in [1.165, 1.54) is 17.6 Å². The van der Waals surface area contributed by atoms with Gasteiger partial charge in [-0.15, -0.1) is 0 Å². The number of alkyl halides is 6. The Balaban J connectivity index is 3.24. The van der Waals surface area contributed by atoms with E-state index in [2.05, 4.69) is 4.74 Å². The molecule has 138 valence electrons. The second kappa shape index (κ2) is 7.40. The van der Waals surface area contributed by atoms with Gasteiger partial charge < -0.3 is 15.4 Å². The van der Waals surface area contributed by atoms with E-state index < -0.39 is 41.5 Å². The second-order valence-corrected chi connectivity index (χ2v) is 4.38. The highest BCUT2D eigenvalue weighted by atomic mass is 19.4. The smallest absolute Gasteiger partial charge is 0.462 e. The van der Waals surface area contributed by atoms with Crippen molar-refractivity contribution in [2.45, 2.75) is 19.3 Å². The molecule has 0 aliphatic rings. The van der Waals surface area contributed by atoms with Gasteiger partial charge in [0, 0.05) is 0 Å². The molecular formula is C13H10F6N2O4. The minimum Gasteiger partial charge on any atom is -0.462 e. The number of carbonyl (C=O) groups excluding carboxylic acids is 3. The van der Waals surface area contributed by atoms with Gasteiger partial charge in [-0.05, 0) is 25.1 Å². The molecule has 0 radical (unpaired) electrons. The van der Waals surface area contributed by atoms with Crippen LogP contribution in [-0.2, 0) is 14.3 Å². The molecule has 0 heterocycles. The number of nitrogens with one attached hydrogen (secondary N) is 2. The van der Waals surface area contributed by atoms with Crippen molar-refractivity contribution in [2.75, 3.05) is 17.2 Å². The van der Waals surface area contributed by atoms with E-state index >= 15 is 0 Å². The van der Waals surface area contributed by atoms with Crippen molar-refractivity contribution in [1.29, 1.82) is 0 Å². The normalized spacial score (nSPS) is 11.6. The van der Waals surface area contributed by atoms with E-state index in [4.69, 9.17) is 0 Å². The van der Waals surface area contributed by atoms with E-state index in [9.17, 15) is 40.7 Å². The Bertz CT molecular complexity index is 684. The monoisotopic (exact) mass is 372 g/mol. The first-order chi connectivity index (χ1) is 11.4. The van der Waals surface area contributed by atoms with Gasteiger partial charge in [0.1, 0.15) is 0 Å². The average Bonchev–Trinajstić information content (AvgIpc) is 2.47. The summed E-state index contributed by atoms with van der Waals surface area (Å²) in [5.74, 6) is -5.96. The SMILES string of the molecule is CCOC(=O)c1ccc(NC(=O)C(F)(F)F)c(NC(=O)C(F)(F)F)c1. The fourth-order valence-corrected chi connectivity index (χ4v) is 1.48. The molecule has 0 unspecified atom stereocenters. The Morgan fingerprint density at radius 3 is 1.84 bits per heavy atom. The molecule has 12 heteroatoms. The van der Waals surface area contributed by atoms with Crippen molar-refractivity contribution in [1.82, 2.24) is 0 Å². The molecule has 0 spiro atoms. The number of hydrogen-bond donors (Lipinski definition) is 2. The van der Waals surface area contributed by atoms with Gasteiger partial charge >= 0.3 is 30.1 Å². The van der Waals surface area contributed by atoms with Crippen molar-refractivity contribution in [3.05, 3.63) is 23.8 Å². The van der Waals surface area contributed by atoms with Gasteiger partial charge in [-0.3, -0.25) is 9.59 Å². The van der Waals surface area contributed by atoms with Gasteiger partial charge in [0.15, 0.2) is 0 Å². The molecule has 0 aliphatic heterocycles. The number of hydrogen-bond acceptors (Lipinski definition) is 4. The predicted octanol–water partition coefficient (Wildman–Crippen LogP) is 2.86. The van der Waals surface area contributed by atoms with Gasteiger partial charge in [0.05, 0.1) is 23.5 Å². The van der Waals surface area contributed by atoms with Crippen LogP contribution in [-0.4, -0.2) is 36.7 Å². The summed E-state index contributed by atoms with van der Waals surface area (Å²) >= 11 is 0. The molecule has 0 bridgehead atoms. The number of carbonyl (C=O) groups is 3. The van der Waals surface area contributed by atoms with Crippen molar-refractivity contribution in [3.8, 4) is 0 Å². The van der Waals surface area contributed by atoms with Gasteiger partial charge in [-0.25, -0.2) is 4.79 Å². The molecule has 0 saturated carbocycles. The van der Waals surface area contributed by atoms with Gasteiger partial charge in [0.25, 0.3) is 0 Å². The number of ether oxygens (including phenoxy) is 1. The summed E-state index contributed by atoms with van der Waals surface area (Å²) in [6.07, 6.45) is -10.7. The van der Waals surface area contributed by atoms with Crippen LogP contribution in [0.5, 0.6) is 0 Å². The Hall–Kier alpha value is -2.79. The summed E-state index contributed by atoms with van der Waals surface area (Å²) in [7, 11) is 0. The van der Waals surface area contributed by atoms with Gasteiger partial charge in [0.2, 0.25) is 0 Å². The lowest BCUT2D eigenvalue weighted by molar-refractivity contribution is -0.167. The van der Waals surface area contributed by atoms with Crippen molar-refractivity contribution in [2.24, 2.45) is 0 Å². The molecule has 2 N–H and O–H groups in total. The highest BCUT2D eigenvalue weighted by molar-refractivity contribution is 6.04. The summed E-state index contributed by atoms with van der Waals surface area (Å²) in [4.78, 5) is 33.5. The summed E-state index contributed by atoms with van der Waals surface area (Å²) in [6.45, 7) is 1.37. The average molecular weight is 372 g/mol. The van der Waals surface area contributed by atoms with Crippen molar-refractivity contribution >= 4 is 29.2 Å². The zero-order valence-electron chi connectivity index (χ0n) is 12.3. The summed E-state index contributed by atoms with van der Waals surface area (Å²) in [5, 5.41) is 2.60. The van der Waals surface area contributed by atoms with Crippen LogP contribution in [0.15, 0.2) is 18.2 Å². The topological polar surface area (TPSA) is 84.5 Å². The van der Waals surface area contributed by atoms with Gasteiger partial charge in [-0.2, -0.15) is 26.3 Å². The third-order valence-electron chi connectivity index (χ3n) is 2.54. The molecule has 0 fully saturated rings. The first kappa shape index (κ1) is 20.3. The van der Waals surface area contributed by atoms with E-state index in [-0.39, 0.29) is 12.2 Å². The standard InChI is InChI=1S/C13H10F6N2O4/c1-2-25-9(22)6-3-4-7(20-10(23)12(14,15)16)8(5-6)21-11(24)13(17,18)19/h3-5H,2H2,1H3,(H,20,23)(H,21,24). The highest BCUT2D eigenvalue weighted by Crippen LogP contribution is 2.28. The molecular weight excluding hydrogens is 362 g/mol. The number of halogens is 6. The van der Waals surface area contributed by atoms with Gasteiger partial charge in [-0.1, -0.05) is 0 Å². The number of anilines is 2. The van der Waals surface area contributed by atoms with Crippen LogP contribution in [0.2, 0.25) is 0 Å². The number of amides is 2. The molecule has 6 nitrogen and oxygen atoms in total. The lowest BCUT2D eigenvalue weighted by atomic mass is 10.1. The zero-order chi connectivity index (χ0) is 19.4. The maximum Gasteiger partial charge on any atom is 0.471 e. The second-order valence-electron chi connectivity index (χ2n) is 4.38. The highest BCUT2D eigenvalue weighted by Gasteiger charge is 2.41. The third-order valence-corrected chi connectivity index (χ3v) is 2.54. The first-order valence-electron chi connectivity index (χ1n) is 6.43. The largest absolute Gasteiger partial charge is 0.471 e. The molecule has 0 aromatic heterocycles. The lowest BCUT2D eigenvalue weighted by Crippen LogP contribution is -2.32. The molecule has 0 aliphatic carbocycles. The Morgan fingerprint density at radius 1 is 0.920 bits per heavy atom. The quantitative estimate of drug-likeness (QED) is 0.629. The van der Waals surface area contributed by atoms with E-state index in [1.54, 1.807) is 0 Å². The first-order valence-corrected chi connectivity index (χ1v) is 6.43. The van der Waals surface area contributed by atoms with Crippen LogP contribution in [0, 0.1) is 0 Å². The molecule has 25 heavy (non-hydrogen) atoms. The minimum absolute atomic E-state index is 0.0738. The number of esters is 1. The molecule has 1 aromatic rings. The van der Waals surface area contributed by atoms with E-state index in [0.29, 0.717) is 6.07 Å².